The first kappa shape index (κ1) is 19.2. The molecule has 2 fully saturated rings. The van der Waals surface area contributed by atoms with Gasteiger partial charge in [-0.1, -0.05) is 24.3 Å². The summed E-state index contributed by atoms with van der Waals surface area (Å²) in [7, 11) is 0. The summed E-state index contributed by atoms with van der Waals surface area (Å²) in [5.41, 5.74) is 2.74. The van der Waals surface area contributed by atoms with E-state index in [0.717, 1.165) is 51.9 Å². The van der Waals surface area contributed by atoms with Crippen LogP contribution in [0.3, 0.4) is 0 Å². The molecule has 2 atom stereocenters. The van der Waals surface area contributed by atoms with Crippen LogP contribution in [0.2, 0.25) is 0 Å². The Morgan fingerprint density at radius 2 is 1.96 bits per heavy atom. The van der Waals surface area contributed by atoms with Crippen LogP contribution in [0.4, 0.5) is 4.79 Å². The lowest BCUT2D eigenvalue weighted by molar-refractivity contribution is 0.133. The second-order valence-electron chi connectivity index (χ2n) is 8.00. The van der Waals surface area contributed by atoms with Crippen LogP contribution in [0.1, 0.15) is 50.2 Å². The molecule has 2 aliphatic rings. The lowest BCUT2D eigenvalue weighted by Gasteiger charge is -2.34. The van der Waals surface area contributed by atoms with E-state index in [2.05, 4.69) is 41.4 Å². The Labute approximate surface area is 157 Å². The molecule has 0 spiro atoms. The van der Waals surface area contributed by atoms with Gasteiger partial charge >= 0.3 is 6.03 Å². The molecule has 2 saturated heterocycles. The Morgan fingerprint density at radius 1 is 1.23 bits per heavy atom. The molecule has 1 aromatic rings. The zero-order chi connectivity index (χ0) is 18.5. The molecule has 2 unspecified atom stereocenters. The molecule has 26 heavy (non-hydrogen) atoms. The van der Waals surface area contributed by atoms with E-state index in [-0.39, 0.29) is 24.2 Å². The van der Waals surface area contributed by atoms with Crippen LogP contribution in [0, 0.1) is 6.92 Å². The molecule has 3 rings (SSSR count). The molecule has 1 aromatic carbocycles. The molecule has 5 nitrogen and oxygen atoms in total. The second kappa shape index (κ2) is 8.87. The molecule has 2 aliphatic heterocycles. The van der Waals surface area contributed by atoms with Gasteiger partial charge in [0.25, 0.3) is 0 Å². The molecule has 0 bridgehead atoms. The Kier molecular flexibility index (Phi) is 6.54. The van der Waals surface area contributed by atoms with Crippen LogP contribution >= 0.6 is 0 Å². The van der Waals surface area contributed by atoms with Crippen molar-refractivity contribution in [3.05, 3.63) is 35.4 Å². The number of hydrogen-bond acceptors (Lipinski definition) is 3. The molecule has 0 radical (unpaired) electrons. The van der Waals surface area contributed by atoms with E-state index >= 15 is 0 Å². The first-order chi connectivity index (χ1) is 12.5. The Hall–Kier alpha value is -1.59. The number of rotatable bonds is 5. The molecule has 0 saturated carbocycles. The minimum Gasteiger partial charge on any atom is -0.393 e. The van der Waals surface area contributed by atoms with Gasteiger partial charge in [0.15, 0.2) is 0 Å². The number of aryl methyl sites for hydroxylation is 1. The molecule has 144 valence electrons. The summed E-state index contributed by atoms with van der Waals surface area (Å²) in [6.07, 6.45) is 4.40. The Bertz CT molecular complexity index is 597. The van der Waals surface area contributed by atoms with Crippen molar-refractivity contribution in [2.24, 2.45) is 0 Å². The average molecular weight is 360 g/mol. The number of urea groups is 1. The quantitative estimate of drug-likeness (QED) is 0.850. The topological polar surface area (TPSA) is 55.8 Å². The Balaban J connectivity index is 1.45. The summed E-state index contributed by atoms with van der Waals surface area (Å²) in [6, 6.07) is 9.09. The zero-order valence-corrected chi connectivity index (χ0v) is 16.2. The maximum Gasteiger partial charge on any atom is 0.317 e. The highest BCUT2D eigenvalue weighted by atomic mass is 16.3. The number of nitrogens with zero attached hydrogens (tertiary/aromatic N) is 2. The van der Waals surface area contributed by atoms with Crippen molar-refractivity contribution >= 4 is 6.03 Å². The third-order valence-electron chi connectivity index (χ3n) is 5.82. The van der Waals surface area contributed by atoms with Crippen molar-refractivity contribution in [2.75, 3.05) is 19.6 Å². The molecule has 2 N–H and O–H groups in total. The number of nitrogens with one attached hydrogen (secondary N) is 1. The summed E-state index contributed by atoms with van der Waals surface area (Å²) in [5, 5.41) is 12.9. The van der Waals surface area contributed by atoms with Gasteiger partial charge in [-0.3, -0.25) is 4.90 Å². The fourth-order valence-electron chi connectivity index (χ4n) is 4.26. The Morgan fingerprint density at radius 3 is 2.65 bits per heavy atom. The second-order valence-corrected chi connectivity index (χ2v) is 8.00. The van der Waals surface area contributed by atoms with Gasteiger partial charge in [-0.25, -0.2) is 4.79 Å². The number of aliphatic hydroxyl groups excluding tert-OH is 1. The highest BCUT2D eigenvalue weighted by Crippen LogP contribution is 2.22. The minimum atomic E-state index is -0.349. The molecule has 5 heteroatoms. The van der Waals surface area contributed by atoms with Crippen LogP contribution in [0.5, 0.6) is 0 Å². The van der Waals surface area contributed by atoms with Gasteiger partial charge in [-0.15, -0.1) is 0 Å². The number of piperidine rings is 1. The molecular formula is C21H33N3O2. The maximum atomic E-state index is 12.6. The number of benzene rings is 1. The number of carbonyl (C=O) groups excluding carboxylic acids is 1. The lowest BCUT2D eigenvalue weighted by Crippen LogP contribution is -2.50. The predicted octanol–water partition coefficient (Wildman–Crippen LogP) is 2.90. The maximum absolute atomic E-state index is 12.6. The van der Waals surface area contributed by atoms with Gasteiger partial charge < -0.3 is 15.3 Å². The standard InChI is InChI=1S/C21H33N3O2/c1-16-6-3-4-7-18(16)15-23-12-9-19(10-13-23)22-21(26)24-11-5-8-20(24)14-17(2)25/h3-4,6-7,17,19-20,25H,5,8-15H2,1-2H3,(H,22,26). The molecular weight excluding hydrogens is 326 g/mol. The van der Waals surface area contributed by atoms with E-state index in [4.69, 9.17) is 0 Å². The number of carbonyl (C=O) groups is 1. The van der Waals surface area contributed by atoms with E-state index in [0.29, 0.717) is 6.42 Å². The minimum absolute atomic E-state index is 0.0607. The monoisotopic (exact) mass is 359 g/mol. The first-order valence-electron chi connectivity index (χ1n) is 10.0. The van der Waals surface area contributed by atoms with E-state index < -0.39 is 0 Å². The van der Waals surface area contributed by atoms with E-state index in [1.807, 2.05) is 4.90 Å². The van der Waals surface area contributed by atoms with Crippen molar-refractivity contribution < 1.29 is 9.90 Å². The third-order valence-corrected chi connectivity index (χ3v) is 5.82. The van der Waals surface area contributed by atoms with E-state index in [1.165, 1.54) is 11.1 Å². The average Bonchev–Trinajstić information content (AvgIpc) is 3.06. The van der Waals surface area contributed by atoms with Crippen LogP contribution in [-0.4, -0.2) is 58.8 Å². The fourth-order valence-corrected chi connectivity index (χ4v) is 4.26. The summed E-state index contributed by atoms with van der Waals surface area (Å²) < 4.78 is 0. The summed E-state index contributed by atoms with van der Waals surface area (Å²) in [6.45, 7) is 7.83. The largest absolute Gasteiger partial charge is 0.393 e. The van der Waals surface area contributed by atoms with E-state index in [1.54, 1.807) is 6.92 Å². The van der Waals surface area contributed by atoms with Crippen molar-refractivity contribution in [2.45, 2.75) is 70.7 Å². The number of aliphatic hydroxyl groups is 1. The molecule has 2 amide bonds. The highest BCUT2D eigenvalue weighted by Gasteiger charge is 2.31. The molecule has 2 heterocycles. The van der Waals surface area contributed by atoms with Gasteiger partial charge in [-0.2, -0.15) is 0 Å². The predicted molar refractivity (Wildman–Crippen MR) is 104 cm³/mol. The fraction of sp³-hybridized carbons (Fsp3) is 0.667. The zero-order valence-electron chi connectivity index (χ0n) is 16.2. The number of likely N-dealkylation sites (tertiary alicyclic amines) is 2. The highest BCUT2D eigenvalue weighted by molar-refractivity contribution is 5.75. The van der Waals surface area contributed by atoms with E-state index in [9.17, 15) is 9.90 Å². The van der Waals surface area contributed by atoms with Crippen LogP contribution in [-0.2, 0) is 6.54 Å². The lowest BCUT2D eigenvalue weighted by atomic mass is 10.0. The van der Waals surface area contributed by atoms with Gasteiger partial charge in [0.05, 0.1) is 6.10 Å². The van der Waals surface area contributed by atoms with Crippen LogP contribution < -0.4 is 5.32 Å². The number of amides is 2. The van der Waals surface area contributed by atoms with Crippen LogP contribution in [0.25, 0.3) is 0 Å². The van der Waals surface area contributed by atoms with Crippen LogP contribution in [0.15, 0.2) is 24.3 Å². The van der Waals surface area contributed by atoms with Gasteiger partial charge in [0.2, 0.25) is 0 Å². The third kappa shape index (κ3) is 4.98. The first-order valence-corrected chi connectivity index (χ1v) is 10.0. The molecule has 0 aromatic heterocycles. The summed E-state index contributed by atoms with van der Waals surface area (Å²) in [5.74, 6) is 0. The van der Waals surface area contributed by atoms with Gasteiger partial charge in [0, 0.05) is 38.3 Å². The summed E-state index contributed by atoms with van der Waals surface area (Å²) >= 11 is 0. The number of hydrogen-bond donors (Lipinski definition) is 2. The van der Waals surface area contributed by atoms with Gasteiger partial charge in [-0.05, 0) is 57.1 Å². The SMILES string of the molecule is Cc1ccccc1CN1CCC(NC(=O)N2CCCC2CC(C)O)CC1. The van der Waals surface area contributed by atoms with Crippen molar-refractivity contribution in [1.29, 1.82) is 0 Å². The normalized spacial score (nSPS) is 23.2. The van der Waals surface area contributed by atoms with Gasteiger partial charge in [0.1, 0.15) is 0 Å². The van der Waals surface area contributed by atoms with Crippen molar-refractivity contribution in [3.8, 4) is 0 Å². The molecule has 0 aliphatic carbocycles. The van der Waals surface area contributed by atoms with Crippen molar-refractivity contribution in [3.63, 3.8) is 0 Å². The van der Waals surface area contributed by atoms with Crippen molar-refractivity contribution in [1.82, 2.24) is 15.1 Å². The summed E-state index contributed by atoms with van der Waals surface area (Å²) in [4.78, 5) is 17.1. The smallest absolute Gasteiger partial charge is 0.317 e.